The van der Waals surface area contributed by atoms with Crippen LogP contribution in [0.3, 0.4) is 0 Å². The van der Waals surface area contributed by atoms with Crippen LogP contribution in [0, 0.1) is 18.7 Å². The number of hydrogen-bond acceptors (Lipinski definition) is 2. The first kappa shape index (κ1) is 14.5. The van der Waals surface area contributed by atoms with Gasteiger partial charge < -0.3 is 10.2 Å². The standard InChI is InChI=1S/C17H23FN2O/c1-12-8-14(10-15(18)9-12)17(21)20(16-2-3-16)11-13-4-6-19-7-5-13/h8-10,13,16,19H,2-7,11H2,1H3. The Balaban J connectivity index is 1.74. The van der Waals surface area contributed by atoms with E-state index in [9.17, 15) is 9.18 Å². The van der Waals surface area contributed by atoms with E-state index >= 15 is 0 Å². The molecule has 1 amide bonds. The van der Waals surface area contributed by atoms with Crippen molar-refractivity contribution in [3.8, 4) is 0 Å². The first-order valence-corrected chi connectivity index (χ1v) is 7.92. The number of nitrogens with one attached hydrogen (secondary N) is 1. The molecule has 0 unspecified atom stereocenters. The number of rotatable bonds is 4. The fraction of sp³-hybridized carbons (Fsp3) is 0.588. The van der Waals surface area contributed by atoms with E-state index in [2.05, 4.69) is 5.32 Å². The van der Waals surface area contributed by atoms with Gasteiger partial charge in [0.25, 0.3) is 5.91 Å². The zero-order valence-electron chi connectivity index (χ0n) is 12.6. The second kappa shape index (κ2) is 6.14. The smallest absolute Gasteiger partial charge is 0.254 e. The van der Waals surface area contributed by atoms with Gasteiger partial charge in [0.05, 0.1) is 0 Å². The Hall–Kier alpha value is -1.42. The topological polar surface area (TPSA) is 32.3 Å². The Kier molecular flexibility index (Phi) is 4.24. The van der Waals surface area contributed by atoms with Gasteiger partial charge in [0, 0.05) is 18.2 Å². The molecule has 4 heteroatoms. The van der Waals surface area contributed by atoms with Gasteiger partial charge in [0.15, 0.2) is 0 Å². The average Bonchev–Trinajstić information content (AvgIpc) is 3.29. The first-order valence-electron chi connectivity index (χ1n) is 7.92. The van der Waals surface area contributed by atoms with E-state index < -0.39 is 0 Å². The summed E-state index contributed by atoms with van der Waals surface area (Å²) in [5.41, 5.74) is 1.30. The molecule has 1 saturated carbocycles. The lowest BCUT2D eigenvalue weighted by molar-refractivity contribution is 0.0701. The Morgan fingerprint density at radius 1 is 1.24 bits per heavy atom. The summed E-state index contributed by atoms with van der Waals surface area (Å²) in [6.45, 7) is 4.72. The van der Waals surface area contributed by atoms with E-state index in [1.807, 2.05) is 11.8 Å². The molecule has 0 spiro atoms. The summed E-state index contributed by atoms with van der Waals surface area (Å²) in [5.74, 6) is 0.250. The van der Waals surface area contributed by atoms with Crippen LogP contribution in [0.25, 0.3) is 0 Å². The Labute approximate surface area is 125 Å². The molecule has 1 saturated heterocycles. The third-order valence-corrected chi connectivity index (χ3v) is 4.45. The summed E-state index contributed by atoms with van der Waals surface area (Å²) < 4.78 is 13.5. The number of aryl methyl sites for hydroxylation is 1. The zero-order valence-corrected chi connectivity index (χ0v) is 12.6. The van der Waals surface area contributed by atoms with Gasteiger partial charge in [-0.2, -0.15) is 0 Å². The fourth-order valence-electron chi connectivity index (χ4n) is 3.15. The molecule has 114 valence electrons. The number of carbonyl (C=O) groups excluding carboxylic acids is 1. The number of halogens is 1. The van der Waals surface area contributed by atoms with Crippen molar-refractivity contribution in [1.29, 1.82) is 0 Å². The average molecular weight is 290 g/mol. The van der Waals surface area contributed by atoms with Crippen molar-refractivity contribution in [2.75, 3.05) is 19.6 Å². The molecule has 1 aliphatic heterocycles. The lowest BCUT2D eigenvalue weighted by Gasteiger charge is -2.30. The van der Waals surface area contributed by atoms with Gasteiger partial charge in [-0.1, -0.05) is 0 Å². The predicted molar refractivity (Wildman–Crippen MR) is 80.8 cm³/mol. The highest BCUT2D eigenvalue weighted by Gasteiger charge is 2.34. The minimum atomic E-state index is -0.323. The van der Waals surface area contributed by atoms with Crippen molar-refractivity contribution < 1.29 is 9.18 Å². The molecule has 0 bridgehead atoms. The summed E-state index contributed by atoms with van der Waals surface area (Å²) in [7, 11) is 0. The third kappa shape index (κ3) is 3.62. The van der Waals surface area contributed by atoms with E-state index in [1.54, 1.807) is 6.07 Å². The van der Waals surface area contributed by atoms with Crippen molar-refractivity contribution >= 4 is 5.91 Å². The van der Waals surface area contributed by atoms with E-state index in [1.165, 1.54) is 12.1 Å². The van der Waals surface area contributed by atoms with Crippen LogP contribution in [0.15, 0.2) is 18.2 Å². The Bertz CT molecular complexity index is 501. The molecule has 0 aromatic heterocycles. The van der Waals surface area contributed by atoms with Crippen molar-refractivity contribution in [3.63, 3.8) is 0 Å². The van der Waals surface area contributed by atoms with Gasteiger partial charge in [-0.25, -0.2) is 4.39 Å². The third-order valence-electron chi connectivity index (χ3n) is 4.45. The number of amides is 1. The monoisotopic (exact) mass is 290 g/mol. The van der Waals surface area contributed by atoms with E-state index in [0.29, 0.717) is 17.5 Å². The van der Waals surface area contributed by atoms with Crippen LogP contribution in [-0.2, 0) is 0 Å². The maximum absolute atomic E-state index is 13.5. The number of nitrogens with zero attached hydrogens (tertiary/aromatic N) is 1. The van der Waals surface area contributed by atoms with Gasteiger partial charge >= 0.3 is 0 Å². The highest BCUT2D eigenvalue weighted by atomic mass is 19.1. The van der Waals surface area contributed by atoms with E-state index in [-0.39, 0.29) is 11.7 Å². The summed E-state index contributed by atoms with van der Waals surface area (Å²) >= 11 is 0. The quantitative estimate of drug-likeness (QED) is 0.925. The minimum Gasteiger partial charge on any atom is -0.335 e. The maximum atomic E-state index is 13.5. The molecule has 0 atom stereocenters. The SMILES string of the molecule is Cc1cc(F)cc(C(=O)N(CC2CCNCC2)C2CC2)c1. The van der Waals surface area contributed by atoms with Crippen LogP contribution in [0.2, 0.25) is 0 Å². The van der Waals surface area contributed by atoms with Gasteiger partial charge in [0.2, 0.25) is 0 Å². The van der Waals surface area contributed by atoms with Crippen LogP contribution in [0.1, 0.15) is 41.6 Å². The highest BCUT2D eigenvalue weighted by molar-refractivity contribution is 5.94. The molecule has 1 aliphatic carbocycles. The zero-order chi connectivity index (χ0) is 14.8. The number of hydrogen-bond donors (Lipinski definition) is 1. The lowest BCUT2D eigenvalue weighted by Crippen LogP contribution is -2.40. The van der Waals surface area contributed by atoms with E-state index in [0.717, 1.165) is 50.9 Å². The van der Waals surface area contributed by atoms with Crippen LogP contribution < -0.4 is 5.32 Å². The first-order chi connectivity index (χ1) is 10.1. The second-order valence-electron chi connectivity index (χ2n) is 6.40. The predicted octanol–water partition coefficient (Wildman–Crippen LogP) is 2.74. The molecule has 0 radical (unpaired) electrons. The Morgan fingerprint density at radius 2 is 1.95 bits per heavy atom. The van der Waals surface area contributed by atoms with Gasteiger partial charge in [-0.15, -0.1) is 0 Å². The van der Waals surface area contributed by atoms with Crippen LogP contribution in [0.4, 0.5) is 4.39 Å². The maximum Gasteiger partial charge on any atom is 0.254 e. The minimum absolute atomic E-state index is 0.00127. The molecule has 3 rings (SSSR count). The molecule has 1 aromatic carbocycles. The number of carbonyl (C=O) groups is 1. The number of benzene rings is 1. The summed E-state index contributed by atoms with van der Waals surface area (Å²) in [5, 5.41) is 3.36. The molecule has 3 nitrogen and oxygen atoms in total. The number of piperidine rings is 1. The molecular weight excluding hydrogens is 267 g/mol. The molecule has 2 aliphatic rings. The largest absolute Gasteiger partial charge is 0.335 e. The van der Waals surface area contributed by atoms with Crippen LogP contribution in [0.5, 0.6) is 0 Å². The van der Waals surface area contributed by atoms with Crippen molar-refractivity contribution in [1.82, 2.24) is 10.2 Å². The Morgan fingerprint density at radius 3 is 2.57 bits per heavy atom. The summed E-state index contributed by atoms with van der Waals surface area (Å²) in [4.78, 5) is 14.7. The van der Waals surface area contributed by atoms with Gasteiger partial charge in [-0.05, 0) is 75.4 Å². The second-order valence-corrected chi connectivity index (χ2v) is 6.40. The summed E-state index contributed by atoms with van der Waals surface area (Å²) in [6, 6.07) is 5.00. The van der Waals surface area contributed by atoms with Crippen molar-refractivity contribution in [2.45, 2.75) is 38.6 Å². The van der Waals surface area contributed by atoms with Gasteiger partial charge in [-0.3, -0.25) is 4.79 Å². The summed E-state index contributed by atoms with van der Waals surface area (Å²) in [6.07, 6.45) is 4.42. The molecule has 2 fully saturated rings. The van der Waals surface area contributed by atoms with E-state index in [4.69, 9.17) is 0 Å². The van der Waals surface area contributed by atoms with Crippen LogP contribution >= 0.6 is 0 Å². The van der Waals surface area contributed by atoms with Gasteiger partial charge in [0.1, 0.15) is 5.82 Å². The molecular formula is C17H23FN2O. The van der Waals surface area contributed by atoms with Crippen LogP contribution in [-0.4, -0.2) is 36.5 Å². The lowest BCUT2D eigenvalue weighted by atomic mass is 9.97. The molecule has 1 aromatic rings. The van der Waals surface area contributed by atoms with Crippen molar-refractivity contribution in [2.24, 2.45) is 5.92 Å². The molecule has 1 heterocycles. The molecule has 1 N–H and O–H groups in total. The normalized spacial score (nSPS) is 19.5. The molecule has 21 heavy (non-hydrogen) atoms. The fourth-order valence-corrected chi connectivity index (χ4v) is 3.15. The highest BCUT2D eigenvalue weighted by Crippen LogP contribution is 2.30. The van der Waals surface area contributed by atoms with Crippen molar-refractivity contribution in [3.05, 3.63) is 35.1 Å².